The van der Waals surface area contributed by atoms with Gasteiger partial charge in [0.25, 0.3) is 0 Å². The summed E-state index contributed by atoms with van der Waals surface area (Å²) < 4.78 is 9.95. The first-order valence-corrected chi connectivity index (χ1v) is 10.6. The molecule has 0 unspecified atom stereocenters. The van der Waals surface area contributed by atoms with E-state index in [0.29, 0.717) is 12.8 Å². The fraction of sp³-hybridized carbons (Fsp3) is 0.333. The molecule has 1 saturated carbocycles. The normalized spacial score (nSPS) is 16.0. The number of nitrogens with one attached hydrogen (secondary N) is 2. The second kappa shape index (κ2) is 8.93. The van der Waals surface area contributed by atoms with Gasteiger partial charge in [0.1, 0.15) is 18.2 Å². The third kappa shape index (κ3) is 4.52. The lowest BCUT2D eigenvalue weighted by atomic mass is 9.98. The number of benzene rings is 2. The number of alkyl carbamates (subject to hydrolysis) is 1. The molecule has 0 aromatic heterocycles. The molecule has 1 fully saturated rings. The summed E-state index contributed by atoms with van der Waals surface area (Å²) in [5.74, 6) is -2.93. The van der Waals surface area contributed by atoms with E-state index in [-0.39, 0.29) is 12.5 Å². The molecule has 9 nitrogen and oxygen atoms in total. The standard InChI is InChI=1S/C24H24N2O7/c1-32-20(27)12-19(21(28)29)25-22(30)24(10-11-24)26-23(31)33-13-18-16-8-4-2-6-14(16)15-7-3-5-9-17(15)18/h2-9,18-19H,10-13H2,1H3,(H,25,30)(H,26,31)(H,28,29)/t19-/m0/s1. The lowest BCUT2D eigenvalue weighted by Crippen LogP contribution is -2.54. The van der Waals surface area contributed by atoms with Gasteiger partial charge in [0.2, 0.25) is 5.91 Å². The van der Waals surface area contributed by atoms with Gasteiger partial charge in [-0.05, 0) is 35.1 Å². The monoisotopic (exact) mass is 452 g/mol. The van der Waals surface area contributed by atoms with Gasteiger partial charge < -0.3 is 25.2 Å². The van der Waals surface area contributed by atoms with E-state index >= 15 is 0 Å². The molecule has 2 aliphatic rings. The number of ether oxygens (including phenoxy) is 2. The molecule has 2 aromatic rings. The van der Waals surface area contributed by atoms with Crippen LogP contribution in [0, 0.1) is 0 Å². The van der Waals surface area contributed by atoms with Gasteiger partial charge in [0, 0.05) is 5.92 Å². The van der Waals surface area contributed by atoms with Crippen LogP contribution in [0.5, 0.6) is 0 Å². The number of carboxylic acids is 1. The summed E-state index contributed by atoms with van der Waals surface area (Å²) in [5.41, 5.74) is 3.10. The predicted octanol–water partition coefficient (Wildman–Crippen LogP) is 2.19. The summed E-state index contributed by atoms with van der Waals surface area (Å²) >= 11 is 0. The minimum absolute atomic E-state index is 0.0949. The molecule has 0 saturated heterocycles. The van der Waals surface area contributed by atoms with Crippen molar-refractivity contribution in [3.63, 3.8) is 0 Å². The van der Waals surface area contributed by atoms with Crippen LogP contribution in [0.2, 0.25) is 0 Å². The number of carbonyl (C=O) groups excluding carboxylic acids is 3. The number of carbonyl (C=O) groups is 4. The van der Waals surface area contributed by atoms with Crippen LogP contribution < -0.4 is 10.6 Å². The summed E-state index contributed by atoms with van der Waals surface area (Å²) in [5, 5.41) is 14.1. The molecule has 2 aromatic carbocycles. The Labute approximate surface area is 190 Å². The molecule has 0 spiro atoms. The molecule has 3 N–H and O–H groups in total. The quantitative estimate of drug-likeness (QED) is 0.523. The summed E-state index contributed by atoms with van der Waals surface area (Å²) in [6, 6.07) is 14.4. The van der Waals surface area contributed by atoms with Crippen molar-refractivity contribution in [1.82, 2.24) is 10.6 Å². The van der Waals surface area contributed by atoms with E-state index in [9.17, 15) is 24.3 Å². The second-order valence-electron chi connectivity index (χ2n) is 8.18. The highest BCUT2D eigenvalue weighted by molar-refractivity contribution is 5.96. The van der Waals surface area contributed by atoms with Crippen molar-refractivity contribution in [2.45, 2.75) is 36.8 Å². The first-order valence-electron chi connectivity index (χ1n) is 10.6. The summed E-state index contributed by atoms with van der Waals surface area (Å²) in [7, 11) is 1.13. The second-order valence-corrected chi connectivity index (χ2v) is 8.18. The Hall–Kier alpha value is -3.88. The molecule has 0 heterocycles. The Morgan fingerprint density at radius 2 is 1.61 bits per heavy atom. The summed E-state index contributed by atoms with van der Waals surface area (Å²) in [6.07, 6.45) is -0.593. The lowest BCUT2D eigenvalue weighted by molar-refractivity contribution is -0.149. The molecule has 172 valence electrons. The molecule has 0 aliphatic heterocycles. The number of hydrogen-bond acceptors (Lipinski definition) is 6. The maximum Gasteiger partial charge on any atom is 0.408 e. The van der Waals surface area contributed by atoms with Crippen LogP contribution in [0.4, 0.5) is 4.79 Å². The maximum atomic E-state index is 12.6. The van der Waals surface area contributed by atoms with Crippen molar-refractivity contribution in [1.29, 1.82) is 0 Å². The number of methoxy groups -OCH3 is 1. The lowest BCUT2D eigenvalue weighted by Gasteiger charge is -2.21. The third-order valence-corrected chi connectivity index (χ3v) is 6.07. The summed E-state index contributed by atoms with van der Waals surface area (Å²) in [6.45, 7) is 0.0949. The Morgan fingerprint density at radius 1 is 1.03 bits per heavy atom. The SMILES string of the molecule is COC(=O)C[C@H](NC(=O)C1(NC(=O)OCC2c3ccccc3-c3ccccc32)CC1)C(=O)O. The predicted molar refractivity (Wildman–Crippen MR) is 116 cm³/mol. The highest BCUT2D eigenvalue weighted by Gasteiger charge is 2.52. The zero-order chi connectivity index (χ0) is 23.6. The van der Waals surface area contributed by atoms with Crippen LogP contribution >= 0.6 is 0 Å². The minimum Gasteiger partial charge on any atom is -0.480 e. The van der Waals surface area contributed by atoms with E-state index in [2.05, 4.69) is 15.4 Å². The average molecular weight is 452 g/mol. The van der Waals surface area contributed by atoms with Crippen LogP contribution in [-0.4, -0.2) is 54.3 Å². The number of carboxylic acid groups (broad SMARTS) is 1. The van der Waals surface area contributed by atoms with Crippen molar-refractivity contribution >= 4 is 23.9 Å². The largest absolute Gasteiger partial charge is 0.480 e. The fourth-order valence-corrected chi connectivity index (χ4v) is 4.11. The van der Waals surface area contributed by atoms with Crippen LogP contribution in [-0.2, 0) is 23.9 Å². The van der Waals surface area contributed by atoms with Crippen molar-refractivity contribution < 1.29 is 33.8 Å². The Kier molecular flexibility index (Phi) is 6.04. The Bertz CT molecular complexity index is 1060. The van der Waals surface area contributed by atoms with Crippen molar-refractivity contribution in [3.05, 3.63) is 59.7 Å². The number of hydrogen-bond donors (Lipinski definition) is 3. The van der Waals surface area contributed by atoms with E-state index in [1.807, 2.05) is 48.5 Å². The number of fused-ring (bicyclic) bond motifs is 3. The molecule has 4 rings (SSSR count). The van der Waals surface area contributed by atoms with E-state index in [4.69, 9.17) is 4.74 Å². The van der Waals surface area contributed by atoms with Crippen LogP contribution in [0.15, 0.2) is 48.5 Å². The summed E-state index contributed by atoms with van der Waals surface area (Å²) in [4.78, 5) is 47.9. The van der Waals surface area contributed by atoms with Crippen LogP contribution in [0.3, 0.4) is 0 Å². The molecule has 0 bridgehead atoms. The molecule has 9 heteroatoms. The minimum atomic E-state index is -1.45. The molecule has 0 radical (unpaired) electrons. The Morgan fingerprint density at radius 3 is 2.12 bits per heavy atom. The van der Waals surface area contributed by atoms with Gasteiger partial charge in [0.05, 0.1) is 13.5 Å². The highest BCUT2D eigenvalue weighted by atomic mass is 16.5. The molecule has 2 amide bonds. The highest BCUT2D eigenvalue weighted by Crippen LogP contribution is 2.44. The fourth-order valence-electron chi connectivity index (χ4n) is 4.11. The molecule has 1 atom stereocenters. The van der Waals surface area contributed by atoms with Gasteiger partial charge in [-0.25, -0.2) is 9.59 Å². The molecular weight excluding hydrogens is 428 g/mol. The molecule has 33 heavy (non-hydrogen) atoms. The van der Waals surface area contributed by atoms with Gasteiger partial charge in [-0.2, -0.15) is 0 Å². The number of aliphatic carboxylic acids is 1. The van der Waals surface area contributed by atoms with E-state index < -0.39 is 41.9 Å². The first-order chi connectivity index (χ1) is 15.8. The topological polar surface area (TPSA) is 131 Å². The van der Waals surface area contributed by atoms with E-state index in [1.165, 1.54) is 0 Å². The number of rotatable bonds is 8. The third-order valence-electron chi connectivity index (χ3n) is 6.07. The maximum absolute atomic E-state index is 12.6. The van der Waals surface area contributed by atoms with E-state index in [0.717, 1.165) is 29.4 Å². The average Bonchev–Trinajstić information content (AvgIpc) is 3.52. The van der Waals surface area contributed by atoms with Crippen LogP contribution in [0.1, 0.15) is 36.3 Å². The van der Waals surface area contributed by atoms with E-state index in [1.54, 1.807) is 0 Å². The van der Waals surface area contributed by atoms with Gasteiger partial charge in [-0.15, -0.1) is 0 Å². The van der Waals surface area contributed by atoms with Crippen molar-refractivity contribution in [3.8, 4) is 11.1 Å². The van der Waals surface area contributed by atoms with Gasteiger partial charge in [-0.1, -0.05) is 48.5 Å². The molecule has 2 aliphatic carbocycles. The zero-order valence-electron chi connectivity index (χ0n) is 18.0. The van der Waals surface area contributed by atoms with Crippen molar-refractivity contribution in [2.75, 3.05) is 13.7 Å². The first kappa shape index (κ1) is 22.3. The smallest absolute Gasteiger partial charge is 0.408 e. The van der Waals surface area contributed by atoms with Crippen LogP contribution in [0.25, 0.3) is 11.1 Å². The van der Waals surface area contributed by atoms with Gasteiger partial charge in [-0.3, -0.25) is 9.59 Å². The number of esters is 1. The van der Waals surface area contributed by atoms with Gasteiger partial charge >= 0.3 is 18.0 Å². The number of amides is 2. The van der Waals surface area contributed by atoms with Gasteiger partial charge in [0.15, 0.2) is 0 Å². The van der Waals surface area contributed by atoms with Crippen molar-refractivity contribution in [2.24, 2.45) is 0 Å². The molecular formula is C24H24N2O7. The zero-order valence-corrected chi connectivity index (χ0v) is 18.0. The Balaban J connectivity index is 1.38.